The SMILES string of the molecule is CC.CCCC(CO)N(C)[N+](C)(NOCCl)OC. The minimum absolute atomic E-state index is 0.0126. The van der Waals surface area contributed by atoms with Crippen LogP contribution in [0.15, 0.2) is 0 Å². The van der Waals surface area contributed by atoms with Gasteiger partial charge in [0.05, 0.1) is 12.6 Å². The molecular formula is C11H29ClN3O3+. The van der Waals surface area contributed by atoms with E-state index in [1.807, 2.05) is 25.9 Å². The van der Waals surface area contributed by atoms with Crippen molar-refractivity contribution in [1.82, 2.24) is 10.6 Å². The van der Waals surface area contributed by atoms with Crippen molar-refractivity contribution >= 4 is 11.6 Å². The lowest BCUT2D eigenvalue weighted by Crippen LogP contribution is -2.66. The molecule has 2 N–H and O–H groups in total. The summed E-state index contributed by atoms with van der Waals surface area (Å²) in [5, 5.41) is 11.1. The molecule has 112 valence electrons. The van der Waals surface area contributed by atoms with Gasteiger partial charge in [-0.15, -0.1) is 0 Å². The first-order valence-electron chi connectivity index (χ1n) is 6.27. The highest BCUT2D eigenvalue weighted by Gasteiger charge is 2.35. The third-order valence-corrected chi connectivity index (χ3v) is 2.72. The average molecular weight is 287 g/mol. The minimum atomic E-state index is -0.113. The molecule has 0 bridgehead atoms. The number of halogens is 1. The van der Waals surface area contributed by atoms with Gasteiger partial charge in [0, 0.05) is 12.6 Å². The van der Waals surface area contributed by atoms with E-state index in [1.54, 1.807) is 14.2 Å². The molecule has 0 rings (SSSR count). The van der Waals surface area contributed by atoms with Crippen LogP contribution < -0.4 is 5.59 Å². The Morgan fingerprint density at radius 2 is 2.00 bits per heavy atom. The van der Waals surface area contributed by atoms with Crippen molar-refractivity contribution in [3.63, 3.8) is 0 Å². The van der Waals surface area contributed by atoms with Crippen LogP contribution in [-0.2, 0) is 9.68 Å². The van der Waals surface area contributed by atoms with Gasteiger partial charge in [0.15, 0.2) is 0 Å². The lowest BCUT2D eigenvalue weighted by molar-refractivity contribution is -1.22. The average Bonchev–Trinajstić information content (AvgIpc) is 2.43. The molecule has 0 radical (unpaired) electrons. The van der Waals surface area contributed by atoms with Crippen molar-refractivity contribution in [2.75, 3.05) is 33.9 Å². The summed E-state index contributed by atoms with van der Waals surface area (Å²) in [4.78, 5) is 10.1. The summed E-state index contributed by atoms with van der Waals surface area (Å²) in [5.41, 5.74) is 2.67. The predicted molar refractivity (Wildman–Crippen MR) is 73.0 cm³/mol. The van der Waals surface area contributed by atoms with E-state index in [-0.39, 0.29) is 23.6 Å². The van der Waals surface area contributed by atoms with Gasteiger partial charge in [0.2, 0.25) is 0 Å². The lowest BCUT2D eigenvalue weighted by Gasteiger charge is -2.38. The van der Waals surface area contributed by atoms with Gasteiger partial charge in [-0.2, -0.15) is 4.84 Å². The highest BCUT2D eigenvalue weighted by Crippen LogP contribution is 2.12. The van der Waals surface area contributed by atoms with Crippen LogP contribution in [0.3, 0.4) is 0 Å². The Kier molecular flexibility index (Phi) is 13.7. The van der Waals surface area contributed by atoms with E-state index in [4.69, 9.17) is 21.3 Å². The summed E-state index contributed by atoms with van der Waals surface area (Å²) in [5.74, 6) is 0. The maximum Gasteiger partial charge on any atom is 0.147 e. The molecule has 0 amide bonds. The Hall–Kier alpha value is 0.0500. The largest absolute Gasteiger partial charge is 0.395 e. The van der Waals surface area contributed by atoms with E-state index < -0.39 is 0 Å². The van der Waals surface area contributed by atoms with Crippen molar-refractivity contribution in [3.8, 4) is 0 Å². The number of hydroxylamine groups is 1. The van der Waals surface area contributed by atoms with Crippen LogP contribution >= 0.6 is 11.6 Å². The Bertz CT molecular complexity index is 189. The molecule has 0 aromatic rings. The third-order valence-electron chi connectivity index (χ3n) is 2.61. The first-order valence-corrected chi connectivity index (χ1v) is 6.80. The molecule has 0 aliphatic rings. The Morgan fingerprint density at radius 3 is 2.33 bits per heavy atom. The Labute approximate surface area is 116 Å². The highest BCUT2D eigenvalue weighted by molar-refractivity contribution is 6.17. The van der Waals surface area contributed by atoms with Crippen LogP contribution in [0.2, 0.25) is 0 Å². The predicted octanol–water partition coefficient (Wildman–Crippen LogP) is 1.66. The molecule has 0 saturated heterocycles. The topological polar surface area (TPSA) is 54.0 Å². The number of likely N-dealkylation sites (N-methyl/N-ethyl adjacent to an activating group) is 1. The van der Waals surface area contributed by atoms with Gasteiger partial charge in [-0.05, 0) is 11.3 Å². The summed E-state index contributed by atoms with van der Waals surface area (Å²) >= 11 is 5.43. The van der Waals surface area contributed by atoms with Crippen molar-refractivity contribution in [2.45, 2.75) is 39.7 Å². The number of nitrogens with one attached hydrogen (secondary N) is 1. The summed E-state index contributed by atoms with van der Waals surface area (Å²) in [6, 6.07) is 0.00386. The molecule has 0 aromatic carbocycles. The quantitative estimate of drug-likeness (QED) is 0.384. The second-order valence-corrected chi connectivity index (χ2v) is 3.82. The maximum absolute atomic E-state index is 9.31. The van der Waals surface area contributed by atoms with E-state index in [9.17, 15) is 5.11 Å². The molecule has 18 heavy (non-hydrogen) atoms. The van der Waals surface area contributed by atoms with Crippen LogP contribution in [0.1, 0.15) is 33.6 Å². The van der Waals surface area contributed by atoms with E-state index in [0.29, 0.717) is 0 Å². The first kappa shape index (κ1) is 20.4. The molecule has 7 heteroatoms. The van der Waals surface area contributed by atoms with Gasteiger partial charge in [0.25, 0.3) is 0 Å². The van der Waals surface area contributed by atoms with E-state index in [1.165, 1.54) is 0 Å². The molecule has 6 nitrogen and oxygen atoms in total. The standard InChI is InChI=1S/C9H23ClN3O3.C2H6/c1-5-6-9(7-14)12(2)13(3,15-4)11-16-8-10;1-2/h9,11,14H,5-8H2,1-4H3;1-2H3/q+1;. The monoisotopic (exact) mass is 286 g/mol. The number of nitrogens with zero attached hydrogens (tertiary/aromatic N) is 2. The molecule has 0 heterocycles. The number of rotatable bonds is 9. The third kappa shape index (κ3) is 6.84. The molecule has 0 aromatic heterocycles. The summed E-state index contributed by atoms with van der Waals surface area (Å²) in [6.45, 7) is 6.13. The van der Waals surface area contributed by atoms with Gasteiger partial charge in [-0.1, -0.05) is 43.8 Å². The van der Waals surface area contributed by atoms with Crippen LogP contribution in [0.25, 0.3) is 0 Å². The fourth-order valence-corrected chi connectivity index (χ4v) is 1.46. The first-order chi connectivity index (χ1) is 8.55. The minimum Gasteiger partial charge on any atom is -0.395 e. The Balaban J connectivity index is 0. The van der Waals surface area contributed by atoms with Gasteiger partial charge < -0.3 is 5.11 Å². The summed E-state index contributed by atoms with van der Waals surface area (Å²) < 4.78 is 0. The molecular weight excluding hydrogens is 258 g/mol. The lowest BCUT2D eigenvalue weighted by atomic mass is 10.2. The van der Waals surface area contributed by atoms with Crippen molar-refractivity contribution in [3.05, 3.63) is 0 Å². The molecule has 0 fully saturated rings. The van der Waals surface area contributed by atoms with Gasteiger partial charge >= 0.3 is 0 Å². The maximum atomic E-state index is 9.31. The normalized spacial score (nSPS) is 15.8. The summed E-state index contributed by atoms with van der Waals surface area (Å²) in [6.07, 6.45) is 1.85. The number of aliphatic hydroxyl groups excluding tert-OH is 1. The van der Waals surface area contributed by atoms with Gasteiger partial charge in [-0.3, -0.25) is 0 Å². The number of quaternary nitrogens is 1. The van der Waals surface area contributed by atoms with Crippen molar-refractivity contribution in [1.29, 1.82) is 0 Å². The number of hydrogen-bond acceptors (Lipinski definition) is 5. The zero-order valence-corrected chi connectivity index (χ0v) is 13.2. The summed E-state index contributed by atoms with van der Waals surface area (Å²) in [7, 11) is 5.14. The van der Waals surface area contributed by atoms with E-state index in [0.717, 1.165) is 12.8 Å². The van der Waals surface area contributed by atoms with Crippen molar-refractivity contribution < 1.29 is 19.6 Å². The van der Waals surface area contributed by atoms with E-state index >= 15 is 0 Å². The number of aliphatic hydroxyl groups is 1. The van der Waals surface area contributed by atoms with Crippen molar-refractivity contribution in [2.24, 2.45) is 0 Å². The second-order valence-electron chi connectivity index (χ2n) is 3.61. The smallest absolute Gasteiger partial charge is 0.147 e. The second kappa shape index (κ2) is 12.1. The van der Waals surface area contributed by atoms with Crippen LogP contribution in [0.4, 0.5) is 0 Å². The van der Waals surface area contributed by atoms with Gasteiger partial charge in [-0.25, -0.2) is 4.84 Å². The number of hydrogen-bond donors (Lipinski definition) is 2. The molecule has 0 saturated carbocycles. The van der Waals surface area contributed by atoms with E-state index in [2.05, 4.69) is 12.5 Å². The fraction of sp³-hybridized carbons (Fsp3) is 1.00. The van der Waals surface area contributed by atoms with Crippen LogP contribution in [-0.4, -0.2) is 54.9 Å². The number of alkyl halides is 1. The molecule has 0 aliphatic heterocycles. The van der Waals surface area contributed by atoms with Crippen LogP contribution in [0.5, 0.6) is 0 Å². The molecule has 2 atom stereocenters. The zero-order valence-electron chi connectivity index (χ0n) is 12.4. The molecule has 0 spiro atoms. The Morgan fingerprint density at radius 1 is 1.44 bits per heavy atom. The van der Waals surface area contributed by atoms with Gasteiger partial charge in [0.1, 0.15) is 20.2 Å². The molecule has 0 aliphatic carbocycles. The molecule has 2 unspecified atom stereocenters. The fourth-order valence-electron chi connectivity index (χ4n) is 1.42. The van der Waals surface area contributed by atoms with Crippen LogP contribution in [0, 0.1) is 0 Å². The zero-order chi connectivity index (χ0) is 14.6. The highest BCUT2D eigenvalue weighted by atomic mass is 35.5.